The van der Waals surface area contributed by atoms with Crippen LogP contribution in [0.1, 0.15) is 31.1 Å². The summed E-state index contributed by atoms with van der Waals surface area (Å²) >= 11 is 1.84. The number of guanidine groups is 1. The van der Waals surface area contributed by atoms with Gasteiger partial charge in [0.15, 0.2) is 5.96 Å². The molecular weight excluding hydrogens is 282 g/mol. The molecule has 2 N–H and O–H groups in total. The van der Waals surface area contributed by atoms with Crippen molar-refractivity contribution in [3.8, 4) is 0 Å². The molecule has 0 amide bonds. The maximum atomic E-state index is 5.88. The number of aliphatic imine (C=N–C) groups is 1. The Hall–Kier alpha value is -1.07. The van der Waals surface area contributed by atoms with E-state index in [4.69, 9.17) is 4.74 Å². The maximum absolute atomic E-state index is 5.88. The van der Waals surface area contributed by atoms with Crippen molar-refractivity contribution in [1.29, 1.82) is 0 Å². The van der Waals surface area contributed by atoms with E-state index in [9.17, 15) is 0 Å². The van der Waals surface area contributed by atoms with Crippen LogP contribution in [0.15, 0.2) is 22.5 Å². The summed E-state index contributed by atoms with van der Waals surface area (Å²) in [6, 6.07) is 4.76. The van der Waals surface area contributed by atoms with Crippen molar-refractivity contribution in [2.45, 2.75) is 50.9 Å². The molecule has 2 bridgehead atoms. The Kier molecular flexibility index (Phi) is 4.80. The lowest BCUT2D eigenvalue weighted by Crippen LogP contribution is -2.48. The molecule has 4 atom stereocenters. The van der Waals surface area contributed by atoms with E-state index in [-0.39, 0.29) is 0 Å². The zero-order valence-electron chi connectivity index (χ0n) is 12.8. The Labute approximate surface area is 131 Å². The predicted molar refractivity (Wildman–Crippen MR) is 88.0 cm³/mol. The fourth-order valence-corrected chi connectivity index (χ4v) is 4.15. The molecular formula is C16H25N3OS. The van der Waals surface area contributed by atoms with E-state index < -0.39 is 0 Å². The molecule has 0 radical (unpaired) electrons. The van der Waals surface area contributed by atoms with Crippen LogP contribution in [0, 0.1) is 5.92 Å². The van der Waals surface area contributed by atoms with Gasteiger partial charge in [-0.05, 0) is 43.0 Å². The minimum absolute atomic E-state index is 0.386. The van der Waals surface area contributed by atoms with Gasteiger partial charge in [0.2, 0.25) is 0 Å². The van der Waals surface area contributed by atoms with Gasteiger partial charge in [-0.15, -0.1) is 11.3 Å². The number of thiophene rings is 1. The highest BCUT2D eigenvalue weighted by Gasteiger charge is 2.41. The first kappa shape index (κ1) is 14.9. The smallest absolute Gasteiger partial charge is 0.191 e. The van der Waals surface area contributed by atoms with Crippen LogP contribution in [0.2, 0.25) is 0 Å². The summed E-state index contributed by atoms with van der Waals surface area (Å²) in [6.45, 7) is 3.22. The van der Waals surface area contributed by atoms with Gasteiger partial charge in [0.25, 0.3) is 0 Å². The summed E-state index contributed by atoms with van der Waals surface area (Å²) in [5.74, 6) is 1.51. The van der Waals surface area contributed by atoms with E-state index >= 15 is 0 Å². The maximum Gasteiger partial charge on any atom is 0.191 e. The first-order chi connectivity index (χ1) is 10.2. The summed E-state index contributed by atoms with van der Waals surface area (Å²) in [5.41, 5.74) is 0. The quantitative estimate of drug-likeness (QED) is 0.649. The molecule has 0 aromatic carbocycles. The zero-order valence-corrected chi connectivity index (χ0v) is 13.7. The zero-order chi connectivity index (χ0) is 14.7. The third kappa shape index (κ3) is 3.77. The van der Waals surface area contributed by atoms with E-state index in [1.807, 2.05) is 18.4 Å². The molecule has 1 aromatic rings. The molecule has 0 spiro atoms. The minimum atomic E-state index is 0.386. The number of rotatable bonds is 5. The highest BCUT2D eigenvalue weighted by Crippen LogP contribution is 2.34. The number of hydrogen-bond acceptors (Lipinski definition) is 3. The first-order valence-electron chi connectivity index (χ1n) is 7.89. The lowest BCUT2D eigenvalue weighted by atomic mass is 9.96. The monoisotopic (exact) mass is 307 g/mol. The van der Waals surface area contributed by atoms with Gasteiger partial charge in [-0.25, -0.2) is 0 Å². The Morgan fingerprint density at radius 2 is 2.43 bits per heavy atom. The molecule has 3 rings (SSSR count). The van der Waals surface area contributed by atoms with Crippen molar-refractivity contribution in [3.63, 3.8) is 0 Å². The summed E-state index contributed by atoms with van der Waals surface area (Å²) in [6.07, 6.45) is 5.52. The number of fused-ring (bicyclic) bond motifs is 2. The second kappa shape index (κ2) is 6.79. The molecule has 5 heteroatoms. The first-order valence-corrected chi connectivity index (χ1v) is 8.77. The SMILES string of the molecule is CN=C(NCC(C)Cc1cccs1)NC1CC2CCC1O2. The molecule has 116 valence electrons. The highest BCUT2D eigenvalue weighted by molar-refractivity contribution is 7.09. The van der Waals surface area contributed by atoms with Crippen molar-refractivity contribution in [2.75, 3.05) is 13.6 Å². The molecule has 1 aromatic heterocycles. The molecule has 3 heterocycles. The van der Waals surface area contributed by atoms with E-state index in [1.165, 1.54) is 17.7 Å². The average Bonchev–Trinajstić information content (AvgIpc) is 3.20. The molecule has 4 nitrogen and oxygen atoms in total. The van der Waals surface area contributed by atoms with E-state index in [0.717, 1.165) is 25.3 Å². The second-order valence-electron chi connectivity index (χ2n) is 6.20. The van der Waals surface area contributed by atoms with Crippen LogP contribution in [0.25, 0.3) is 0 Å². The van der Waals surface area contributed by atoms with Crippen molar-refractivity contribution in [1.82, 2.24) is 10.6 Å². The Bertz CT molecular complexity index is 474. The largest absolute Gasteiger partial charge is 0.373 e. The number of hydrogen-bond donors (Lipinski definition) is 2. The van der Waals surface area contributed by atoms with Crippen LogP contribution in [0.4, 0.5) is 0 Å². The summed E-state index contributed by atoms with van der Waals surface area (Å²) < 4.78 is 5.88. The lowest BCUT2D eigenvalue weighted by molar-refractivity contribution is 0.0992. The predicted octanol–water partition coefficient (Wildman–Crippen LogP) is 2.41. The molecule has 4 unspecified atom stereocenters. The Balaban J connectivity index is 1.42. The topological polar surface area (TPSA) is 45.7 Å². The van der Waals surface area contributed by atoms with Crippen LogP contribution in [0.3, 0.4) is 0 Å². The summed E-state index contributed by atoms with van der Waals surface area (Å²) in [7, 11) is 1.84. The van der Waals surface area contributed by atoms with Crippen LogP contribution in [-0.2, 0) is 11.2 Å². The average molecular weight is 307 g/mol. The molecule has 0 saturated carbocycles. The van der Waals surface area contributed by atoms with Crippen LogP contribution in [-0.4, -0.2) is 37.8 Å². The van der Waals surface area contributed by atoms with Crippen molar-refractivity contribution in [2.24, 2.45) is 10.9 Å². The van der Waals surface area contributed by atoms with Gasteiger partial charge < -0.3 is 15.4 Å². The third-order valence-corrected chi connectivity index (χ3v) is 5.30. The van der Waals surface area contributed by atoms with Gasteiger partial charge in [-0.3, -0.25) is 4.99 Å². The minimum Gasteiger partial charge on any atom is -0.373 e. The van der Waals surface area contributed by atoms with Gasteiger partial charge in [-0.2, -0.15) is 0 Å². The van der Waals surface area contributed by atoms with Crippen LogP contribution >= 0.6 is 11.3 Å². The van der Waals surface area contributed by atoms with Gasteiger partial charge in [-0.1, -0.05) is 13.0 Å². The standard InChI is InChI=1S/C16H25N3OS/c1-11(8-13-4-3-7-21-13)10-18-16(17-2)19-14-9-12-5-6-15(14)20-12/h3-4,7,11-12,14-15H,5-6,8-10H2,1-2H3,(H2,17,18,19). The Morgan fingerprint density at radius 3 is 3.05 bits per heavy atom. The Morgan fingerprint density at radius 1 is 1.52 bits per heavy atom. The fourth-order valence-electron chi connectivity index (χ4n) is 3.28. The van der Waals surface area contributed by atoms with Crippen molar-refractivity contribution < 1.29 is 4.74 Å². The van der Waals surface area contributed by atoms with Crippen LogP contribution < -0.4 is 10.6 Å². The molecule has 0 aliphatic carbocycles. The van der Waals surface area contributed by atoms with E-state index in [1.54, 1.807) is 0 Å². The van der Waals surface area contributed by atoms with Crippen molar-refractivity contribution >= 4 is 17.3 Å². The van der Waals surface area contributed by atoms with Gasteiger partial charge in [0.1, 0.15) is 0 Å². The number of nitrogens with one attached hydrogen (secondary N) is 2. The lowest BCUT2D eigenvalue weighted by Gasteiger charge is -2.23. The highest BCUT2D eigenvalue weighted by atomic mass is 32.1. The molecule has 2 aliphatic rings. The third-order valence-electron chi connectivity index (χ3n) is 4.40. The van der Waals surface area contributed by atoms with E-state index in [2.05, 4.69) is 40.1 Å². The molecule has 2 fully saturated rings. The normalized spacial score (nSPS) is 29.6. The number of nitrogens with zero attached hydrogens (tertiary/aromatic N) is 1. The number of ether oxygens (including phenoxy) is 1. The summed E-state index contributed by atoms with van der Waals surface area (Å²) in [4.78, 5) is 5.80. The molecule has 2 aliphatic heterocycles. The fraction of sp³-hybridized carbons (Fsp3) is 0.688. The van der Waals surface area contributed by atoms with E-state index in [0.29, 0.717) is 24.2 Å². The van der Waals surface area contributed by atoms with Gasteiger partial charge in [0.05, 0.1) is 18.2 Å². The van der Waals surface area contributed by atoms with Crippen LogP contribution in [0.5, 0.6) is 0 Å². The van der Waals surface area contributed by atoms with Gasteiger partial charge in [0, 0.05) is 18.5 Å². The second-order valence-corrected chi connectivity index (χ2v) is 7.23. The van der Waals surface area contributed by atoms with Crippen molar-refractivity contribution in [3.05, 3.63) is 22.4 Å². The summed E-state index contributed by atoms with van der Waals surface area (Å²) in [5, 5.41) is 9.13. The molecule has 21 heavy (non-hydrogen) atoms. The van der Waals surface area contributed by atoms with Gasteiger partial charge >= 0.3 is 0 Å². The molecule has 2 saturated heterocycles.